The van der Waals surface area contributed by atoms with Gasteiger partial charge in [0.15, 0.2) is 0 Å². The quantitative estimate of drug-likeness (QED) is 0.787. The number of benzene rings is 1. The molecule has 0 N–H and O–H groups in total. The van der Waals surface area contributed by atoms with E-state index in [1.54, 1.807) is 4.57 Å². The van der Waals surface area contributed by atoms with Gasteiger partial charge in [0.05, 0.1) is 17.6 Å². The van der Waals surface area contributed by atoms with Crippen molar-refractivity contribution < 1.29 is 4.74 Å². The van der Waals surface area contributed by atoms with E-state index >= 15 is 0 Å². The zero-order valence-corrected chi connectivity index (χ0v) is 13.5. The maximum Gasteiger partial charge on any atom is 0.329 e. The number of alkyl halides is 1. The fraction of sp³-hybridized carbons (Fsp3) is 0.562. The first-order valence-electron chi connectivity index (χ1n) is 7.85. The van der Waals surface area contributed by atoms with E-state index in [-0.39, 0.29) is 5.69 Å². The molecule has 6 heteroatoms. The topological polar surface area (TPSA) is 39.4 Å². The Morgan fingerprint density at radius 2 is 1.73 bits per heavy atom. The lowest BCUT2D eigenvalue weighted by Crippen LogP contribution is -2.33. The summed E-state index contributed by atoms with van der Waals surface area (Å²) in [6, 6.07) is 7.93. The molecular formula is C16H22ClN3O2. The van der Waals surface area contributed by atoms with Crippen LogP contribution in [0.1, 0.15) is 6.42 Å². The van der Waals surface area contributed by atoms with Crippen molar-refractivity contribution in [3.05, 3.63) is 34.7 Å². The highest BCUT2D eigenvalue weighted by Gasteiger charge is 2.14. The van der Waals surface area contributed by atoms with Crippen molar-refractivity contribution in [2.75, 3.05) is 38.7 Å². The lowest BCUT2D eigenvalue weighted by molar-refractivity contribution is 0.141. The van der Waals surface area contributed by atoms with E-state index in [0.717, 1.165) is 50.3 Å². The second kappa shape index (κ2) is 7.31. The molecule has 22 heavy (non-hydrogen) atoms. The van der Waals surface area contributed by atoms with Gasteiger partial charge in [-0.1, -0.05) is 12.1 Å². The maximum atomic E-state index is 12.6. The predicted octanol–water partition coefficient (Wildman–Crippen LogP) is 1.76. The molecule has 0 spiro atoms. The van der Waals surface area contributed by atoms with Crippen LogP contribution in [0.2, 0.25) is 0 Å². The Labute approximate surface area is 135 Å². The summed E-state index contributed by atoms with van der Waals surface area (Å²) in [5, 5.41) is 0. The Hall–Kier alpha value is -1.30. The first kappa shape index (κ1) is 15.6. The Morgan fingerprint density at radius 1 is 1.00 bits per heavy atom. The minimum Gasteiger partial charge on any atom is -0.380 e. The van der Waals surface area contributed by atoms with Gasteiger partial charge in [0, 0.05) is 45.2 Å². The molecule has 0 radical (unpaired) electrons. The largest absolute Gasteiger partial charge is 0.380 e. The number of hydrogen-bond donors (Lipinski definition) is 0. The third-order valence-electron chi connectivity index (χ3n) is 4.19. The molecule has 1 aliphatic heterocycles. The van der Waals surface area contributed by atoms with Gasteiger partial charge in [0.1, 0.15) is 0 Å². The average Bonchev–Trinajstić information content (AvgIpc) is 2.72. The van der Waals surface area contributed by atoms with Gasteiger partial charge in [-0.05, 0) is 18.6 Å². The van der Waals surface area contributed by atoms with Gasteiger partial charge < -0.3 is 4.74 Å². The van der Waals surface area contributed by atoms with E-state index in [2.05, 4.69) is 4.90 Å². The normalized spacial score (nSPS) is 17.0. The van der Waals surface area contributed by atoms with Crippen molar-refractivity contribution in [2.24, 2.45) is 0 Å². The van der Waals surface area contributed by atoms with Crippen LogP contribution in [-0.2, 0) is 17.8 Å². The van der Waals surface area contributed by atoms with Gasteiger partial charge in [-0.25, -0.2) is 4.79 Å². The van der Waals surface area contributed by atoms with E-state index in [0.29, 0.717) is 19.0 Å². The van der Waals surface area contributed by atoms with Crippen LogP contribution in [0.4, 0.5) is 0 Å². The number of fused-ring (bicyclic) bond motifs is 1. The number of ether oxygens (including phenoxy) is 1. The molecular weight excluding hydrogens is 302 g/mol. The van der Waals surface area contributed by atoms with Gasteiger partial charge in [-0.15, -0.1) is 11.6 Å². The number of halogens is 1. The molecule has 1 fully saturated rings. The van der Waals surface area contributed by atoms with Gasteiger partial charge in [-0.2, -0.15) is 0 Å². The number of para-hydroxylation sites is 2. The number of hydrogen-bond acceptors (Lipinski definition) is 3. The van der Waals surface area contributed by atoms with E-state index in [1.807, 2.05) is 28.8 Å². The summed E-state index contributed by atoms with van der Waals surface area (Å²) >= 11 is 5.84. The minimum atomic E-state index is 0.0351. The lowest BCUT2D eigenvalue weighted by Gasteiger charge is -2.19. The minimum absolute atomic E-state index is 0.0351. The fourth-order valence-electron chi connectivity index (χ4n) is 3.05. The molecule has 120 valence electrons. The second-order valence-electron chi connectivity index (χ2n) is 5.57. The number of nitrogens with zero attached hydrogens (tertiary/aromatic N) is 3. The Morgan fingerprint density at radius 3 is 2.45 bits per heavy atom. The second-order valence-corrected chi connectivity index (χ2v) is 5.95. The summed E-state index contributed by atoms with van der Waals surface area (Å²) < 4.78 is 9.12. The molecule has 0 saturated carbocycles. The molecule has 2 heterocycles. The highest BCUT2D eigenvalue weighted by molar-refractivity contribution is 6.17. The zero-order valence-electron chi connectivity index (χ0n) is 12.7. The number of aromatic nitrogens is 2. The van der Waals surface area contributed by atoms with Gasteiger partial charge in [-0.3, -0.25) is 14.0 Å². The number of rotatable bonds is 5. The zero-order chi connectivity index (χ0) is 15.4. The number of imidazole rings is 1. The molecule has 2 aromatic rings. The van der Waals surface area contributed by atoms with Crippen molar-refractivity contribution >= 4 is 22.6 Å². The van der Waals surface area contributed by atoms with Crippen molar-refractivity contribution in [1.29, 1.82) is 0 Å². The molecule has 1 aromatic carbocycles. The molecule has 0 bridgehead atoms. The third kappa shape index (κ3) is 3.21. The van der Waals surface area contributed by atoms with Crippen molar-refractivity contribution in [2.45, 2.75) is 19.5 Å². The smallest absolute Gasteiger partial charge is 0.329 e. The summed E-state index contributed by atoms with van der Waals surface area (Å²) in [7, 11) is 0. The van der Waals surface area contributed by atoms with E-state index in [9.17, 15) is 4.79 Å². The van der Waals surface area contributed by atoms with Crippen molar-refractivity contribution in [3.63, 3.8) is 0 Å². The monoisotopic (exact) mass is 323 g/mol. The van der Waals surface area contributed by atoms with Crippen molar-refractivity contribution in [3.8, 4) is 0 Å². The summed E-state index contributed by atoms with van der Waals surface area (Å²) in [5.41, 5.74) is 1.99. The highest BCUT2D eigenvalue weighted by Crippen LogP contribution is 2.13. The Bertz CT molecular complexity index is 672. The molecule has 0 amide bonds. The van der Waals surface area contributed by atoms with E-state index in [4.69, 9.17) is 16.3 Å². The molecule has 3 rings (SSSR count). The molecule has 0 aliphatic carbocycles. The molecule has 0 unspecified atom stereocenters. The van der Waals surface area contributed by atoms with Crippen LogP contribution >= 0.6 is 11.6 Å². The van der Waals surface area contributed by atoms with Crippen LogP contribution in [0.15, 0.2) is 29.1 Å². The SMILES string of the molecule is O=c1n(CCCl)c2ccccc2n1CCN1CCCOCC1. The van der Waals surface area contributed by atoms with Crippen LogP contribution in [-0.4, -0.2) is 52.8 Å². The summed E-state index contributed by atoms with van der Waals surface area (Å²) in [4.78, 5) is 15.0. The standard InChI is InChI=1S/C16H22ClN3O2/c17-6-8-19-14-4-1-2-5-15(14)20(16(19)21)10-9-18-7-3-12-22-13-11-18/h1-2,4-5H,3,6-13H2. The Kier molecular flexibility index (Phi) is 5.18. The van der Waals surface area contributed by atoms with Gasteiger partial charge in [0.2, 0.25) is 0 Å². The van der Waals surface area contributed by atoms with Crippen molar-refractivity contribution in [1.82, 2.24) is 14.0 Å². The lowest BCUT2D eigenvalue weighted by atomic mass is 10.3. The van der Waals surface area contributed by atoms with Crippen LogP contribution in [0, 0.1) is 0 Å². The number of aryl methyl sites for hydroxylation is 1. The van der Waals surface area contributed by atoms with E-state index in [1.165, 1.54) is 0 Å². The fourth-order valence-corrected chi connectivity index (χ4v) is 3.22. The van der Waals surface area contributed by atoms with Crippen LogP contribution in [0.5, 0.6) is 0 Å². The average molecular weight is 324 g/mol. The molecule has 1 saturated heterocycles. The first-order chi connectivity index (χ1) is 10.8. The summed E-state index contributed by atoms with van der Waals surface area (Å²) in [6.07, 6.45) is 1.06. The molecule has 0 atom stereocenters. The third-order valence-corrected chi connectivity index (χ3v) is 4.36. The first-order valence-corrected chi connectivity index (χ1v) is 8.39. The Balaban J connectivity index is 1.83. The summed E-state index contributed by atoms with van der Waals surface area (Å²) in [5.74, 6) is 0.442. The maximum absolute atomic E-state index is 12.6. The molecule has 5 nitrogen and oxygen atoms in total. The molecule has 1 aliphatic rings. The van der Waals surface area contributed by atoms with Crippen LogP contribution in [0.3, 0.4) is 0 Å². The summed E-state index contributed by atoms with van der Waals surface area (Å²) in [6.45, 7) is 5.72. The van der Waals surface area contributed by atoms with Gasteiger partial charge in [0.25, 0.3) is 0 Å². The molecule has 1 aromatic heterocycles. The van der Waals surface area contributed by atoms with Crippen LogP contribution < -0.4 is 5.69 Å². The predicted molar refractivity (Wildman–Crippen MR) is 88.8 cm³/mol. The van der Waals surface area contributed by atoms with Crippen LogP contribution in [0.25, 0.3) is 11.0 Å². The highest BCUT2D eigenvalue weighted by atomic mass is 35.5. The van der Waals surface area contributed by atoms with E-state index < -0.39 is 0 Å². The van der Waals surface area contributed by atoms with Gasteiger partial charge >= 0.3 is 5.69 Å².